The molecule has 2 aromatic rings. The summed E-state index contributed by atoms with van der Waals surface area (Å²) < 4.78 is 6.35. The zero-order valence-corrected chi connectivity index (χ0v) is 12.2. The third kappa shape index (κ3) is 3.04. The van der Waals surface area contributed by atoms with Gasteiger partial charge >= 0.3 is 0 Å². The van der Waals surface area contributed by atoms with Crippen molar-refractivity contribution in [3.05, 3.63) is 45.0 Å². The summed E-state index contributed by atoms with van der Waals surface area (Å²) in [5, 5.41) is 11.0. The third-order valence-corrected chi connectivity index (χ3v) is 3.69. The number of carbonyl (C=O) groups is 1. The average molecular weight is 318 g/mol. The second-order valence-corrected chi connectivity index (χ2v) is 5.13. The van der Waals surface area contributed by atoms with Gasteiger partial charge in [0.05, 0.1) is 35.4 Å². The predicted octanol–water partition coefficient (Wildman–Crippen LogP) is 0.163. The van der Waals surface area contributed by atoms with E-state index >= 15 is 0 Å². The molecule has 1 saturated heterocycles. The van der Waals surface area contributed by atoms with E-state index < -0.39 is 10.5 Å². The molecule has 1 aliphatic rings. The zero-order chi connectivity index (χ0) is 16.4. The number of aromatic nitrogens is 2. The fourth-order valence-corrected chi connectivity index (χ4v) is 2.43. The van der Waals surface area contributed by atoms with Gasteiger partial charge in [-0.05, 0) is 6.07 Å². The van der Waals surface area contributed by atoms with E-state index in [4.69, 9.17) is 4.74 Å². The van der Waals surface area contributed by atoms with Crippen molar-refractivity contribution in [3.63, 3.8) is 0 Å². The normalized spacial score (nSPS) is 14.9. The zero-order valence-electron chi connectivity index (χ0n) is 12.2. The van der Waals surface area contributed by atoms with Gasteiger partial charge in [-0.3, -0.25) is 24.3 Å². The third-order valence-electron chi connectivity index (χ3n) is 3.69. The standard InChI is InChI=1S/C14H14N4O5/c19-13(16-3-5-23-6-4-16)8-17-9-15-12-2-1-10(18(21)22)7-11(12)14(17)20/h1-2,7,9H,3-6,8H2. The maximum atomic E-state index is 12.4. The molecule has 0 N–H and O–H groups in total. The van der Waals surface area contributed by atoms with Crippen molar-refractivity contribution in [1.29, 1.82) is 0 Å². The first-order chi connectivity index (χ1) is 11.1. The Hall–Kier alpha value is -2.81. The lowest BCUT2D eigenvalue weighted by atomic mass is 10.2. The lowest BCUT2D eigenvalue weighted by Gasteiger charge is -2.27. The van der Waals surface area contributed by atoms with Crippen LogP contribution in [0, 0.1) is 10.1 Å². The van der Waals surface area contributed by atoms with Gasteiger partial charge in [-0.25, -0.2) is 4.98 Å². The molecule has 0 bridgehead atoms. The summed E-state index contributed by atoms with van der Waals surface area (Å²) in [6.07, 6.45) is 1.29. The molecule has 0 saturated carbocycles. The van der Waals surface area contributed by atoms with Crippen LogP contribution in [-0.4, -0.2) is 51.6 Å². The molecule has 0 aliphatic carbocycles. The van der Waals surface area contributed by atoms with E-state index in [9.17, 15) is 19.7 Å². The van der Waals surface area contributed by atoms with Gasteiger partial charge in [-0.1, -0.05) is 0 Å². The molecule has 9 heteroatoms. The molecule has 0 spiro atoms. The number of nitro groups is 1. The number of hydrogen-bond acceptors (Lipinski definition) is 6. The second-order valence-electron chi connectivity index (χ2n) is 5.13. The number of benzene rings is 1. The van der Waals surface area contributed by atoms with Crippen molar-refractivity contribution in [2.45, 2.75) is 6.54 Å². The van der Waals surface area contributed by atoms with E-state index in [0.717, 1.165) is 0 Å². The van der Waals surface area contributed by atoms with Gasteiger partial charge in [0.25, 0.3) is 11.2 Å². The molecule has 1 aromatic heterocycles. The van der Waals surface area contributed by atoms with Gasteiger partial charge < -0.3 is 9.64 Å². The van der Waals surface area contributed by atoms with Crippen LogP contribution in [-0.2, 0) is 16.1 Å². The number of ether oxygens (including phenoxy) is 1. The molecule has 1 fully saturated rings. The van der Waals surface area contributed by atoms with E-state index in [2.05, 4.69) is 4.98 Å². The Labute approximate surface area is 130 Å². The van der Waals surface area contributed by atoms with E-state index in [0.29, 0.717) is 31.8 Å². The molecule has 3 rings (SSSR count). The van der Waals surface area contributed by atoms with Crippen LogP contribution < -0.4 is 5.56 Å². The number of rotatable bonds is 3. The van der Waals surface area contributed by atoms with Crippen LogP contribution in [0.25, 0.3) is 10.9 Å². The molecule has 0 radical (unpaired) electrons. The van der Waals surface area contributed by atoms with Gasteiger partial charge in [0.15, 0.2) is 0 Å². The van der Waals surface area contributed by atoms with Gasteiger partial charge in [0, 0.05) is 25.2 Å². The van der Waals surface area contributed by atoms with Crippen molar-refractivity contribution in [1.82, 2.24) is 14.5 Å². The highest BCUT2D eigenvalue weighted by Crippen LogP contribution is 2.16. The van der Waals surface area contributed by atoms with Crippen LogP contribution in [0.2, 0.25) is 0 Å². The van der Waals surface area contributed by atoms with Crippen molar-refractivity contribution in [2.75, 3.05) is 26.3 Å². The number of nitrogens with zero attached hydrogens (tertiary/aromatic N) is 4. The number of morpholine rings is 1. The van der Waals surface area contributed by atoms with Crippen LogP contribution >= 0.6 is 0 Å². The molecule has 9 nitrogen and oxygen atoms in total. The highest BCUT2D eigenvalue weighted by molar-refractivity contribution is 5.81. The van der Waals surface area contributed by atoms with Crippen LogP contribution in [0.15, 0.2) is 29.3 Å². The number of amides is 1. The van der Waals surface area contributed by atoms with Gasteiger partial charge in [-0.2, -0.15) is 0 Å². The Morgan fingerprint density at radius 3 is 2.78 bits per heavy atom. The lowest BCUT2D eigenvalue weighted by molar-refractivity contribution is -0.384. The molecular weight excluding hydrogens is 304 g/mol. The van der Waals surface area contributed by atoms with Gasteiger partial charge in [0.2, 0.25) is 5.91 Å². The summed E-state index contributed by atoms with van der Waals surface area (Å²) >= 11 is 0. The number of hydrogen-bond donors (Lipinski definition) is 0. The van der Waals surface area contributed by atoms with Crippen LogP contribution in [0.1, 0.15) is 0 Å². The van der Waals surface area contributed by atoms with Crippen molar-refractivity contribution in [3.8, 4) is 0 Å². The molecule has 1 amide bonds. The summed E-state index contributed by atoms with van der Waals surface area (Å²) in [6.45, 7) is 1.77. The number of non-ortho nitro benzene ring substituents is 1. The maximum absolute atomic E-state index is 12.4. The number of carbonyl (C=O) groups excluding carboxylic acids is 1. The number of fused-ring (bicyclic) bond motifs is 1. The summed E-state index contributed by atoms with van der Waals surface area (Å²) in [5.74, 6) is -0.206. The minimum absolute atomic E-state index is 0.122. The van der Waals surface area contributed by atoms with Crippen LogP contribution in [0.3, 0.4) is 0 Å². The van der Waals surface area contributed by atoms with E-state index in [1.807, 2.05) is 0 Å². The summed E-state index contributed by atoms with van der Waals surface area (Å²) in [6, 6.07) is 3.89. The van der Waals surface area contributed by atoms with Crippen LogP contribution in [0.5, 0.6) is 0 Å². The highest BCUT2D eigenvalue weighted by atomic mass is 16.6. The van der Waals surface area contributed by atoms with E-state index in [-0.39, 0.29) is 23.5 Å². The largest absolute Gasteiger partial charge is 0.378 e. The summed E-state index contributed by atoms with van der Waals surface area (Å²) in [7, 11) is 0. The number of nitro benzene ring substituents is 1. The quantitative estimate of drug-likeness (QED) is 0.589. The topological polar surface area (TPSA) is 108 Å². The second kappa shape index (κ2) is 6.13. The van der Waals surface area contributed by atoms with Crippen molar-refractivity contribution in [2.24, 2.45) is 0 Å². The monoisotopic (exact) mass is 318 g/mol. The average Bonchev–Trinajstić information content (AvgIpc) is 2.58. The molecule has 1 aliphatic heterocycles. The summed E-state index contributed by atoms with van der Waals surface area (Å²) in [4.78, 5) is 40.6. The summed E-state index contributed by atoms with van der Waals surface area (Å²) in [5.41, 5.74) is -0.301. The SMILES string of the molecule is O=C(Cn1cnc2ccc([N+](=O)[O-])cc2c1=O)N1CCOCC1. The van der Waals surface area contributed by atoms with Crippen LogP contribution in [0.4, 0.5) is 5.69 Å². The minimum atomic E-state index is -0.574. The molecule has 2 heterocycles. The smallest absolute Gasteiger partial charge is 0.270 e. The maximum Gasteiger partial charge on any atom is 0.270 e. The van der Waals surface area contributed by atoms with Crippen molar-refractivity contribution < 1.29 is 14.5 Å². The van der Waals surface area contributed by atoms with Gasteiger partial charge in [0.1, 0.15) is 6.54 Å². The Morgan fingerprint density at radius 2 is 2.09 bits per heavy atom. The first-order valence-electron chi connectivity index (χ1n) is 7.05. The van der Waals surface area contributed by atoms with Gasteiger partial charge in [-0.15, -0.1) is 0 Å². The first kappa shape index (κ1) is 15.1. The molecule has 0 unspecified atom stereocenters. The lowest BCUT2D eigenvalue weighted by Crippen LogP contribution is -2.43. The Kier molecular flexibility index (Phi) is 4.02. The molecule has 120 valence electrons. The Morgan fingerprint density at radius 1 is 1.35 bits per heavy atom. The molecule has 0 atom stereocenters. The van der Waals surface area contributed by atoms with E-state index in [1.54, 1.807) is 4.90 Å². The molecular formula is C14H14N4O5. The predicted molar refractivity (Wildman–Crippen MR) is 80.1 cm³/mol. The fraction of sp³-hybridized carbons (Fsp3) is 0.357. The van der Waals surface area contributed by atoms with E-state index in [1.165, 1.54) is 29.1 Å². The fourth-order valence-electron chi connectivity index (χ4n) is 2.43. The van der Waals surface area contributed by atoms with Crippen molar-refractivity contribution >= 4 is 22.5 Å². The Balaban J connectivity index is 1.91. The molecule has 23 heavy (non-hydrogen) atoms. The molecule has 1 aromatic carbocycles. The minimum Gasteiger partial charge on any atom is -0.378 e. The first-order valence-corrected chi connectivity index (χ1v) is 7.05. The highest BCUT2D eigenvalue weighted by Gasteiger charge is 2.18. The Bertz CT molecular complexity index is 826.